The molecule has 2 heterocycles. The van der Waals surface area contributed by atoms with Gasteiger partial charge in [-0.2, -0.15) is 0 Å². The van der Waals surface area contributed by atoms with Gasteiger partial charge in [0.15, 0.2) is 5.69 Å². The molecule has 4 nitrogen and oxygen atoms in total. The number of likely N-dealkylation sites (N-methyl/N-ethyl adjacent to an activating group) is 1. The first-order chi connectivity index (χ1) is 11.6. The van der Waals surface area contributed by atoms with Gasteiger partial charge < -0.3 is 38.7 Å². The summed E-state index contributed by atoms with van der Waals surface area (Å²) in [5.41, 5.74) is 5.38. The van der Waals surface area contributed by atoms with E-state index in [2.05, 4.69) is 77.6 Å². The molecule has 0 saturated carbocycles. The molecule has 1 saturated heterocycles. The van der Waals surface area contributed by atoms with Gasteiger partial charge in [-0.3, -0.25) is 5.32 Å². The Balaban J connectivity index is 0.00000182. The number of piperazine rings is 1. The Bertz CT molecular complexity index is 757. The van der Waals surface area contributed by atoms with Crippen molar-refractivity contribution in [2.45, 2.75) is 9.79 Å². The molecule has 0 bridgehead atoms. The minimum absolute atomic E-state index is 0. The summed E-state index contributed by atoms with van der Waals surface area (Å²) in [6.45, 7) is 4.45. The minimum Gasteiger partial charge on any atom is -1.00 e. The third kappa shape index (κ3) is 3.77. The van der Waals surface area contributed by atoms with E-state index in [-0.39, 0.29) is 24.0 Å². The van der Waals surface area contributed by atoms with Crippen molar-refractivity contribution in [2.24, 2.45) is 0 Å². The normalized spacial score (nSPS) is 16.7. The summed E-state index contributed by atoms with van der Waals surface area (Å²) in [6.07, 6.45) is 0. The molecular weight excluding hydrogens is 443 g/mol. The van der Waals surface area contributed by atoms with Crippen LogP contribution in [0.25, 0.3) is 0 Å². The standard InChI is InChI=1S/C19H24N4S.HI/c1-21(2)14-12-16(23-10-8-22(3)9-11-23)19-18(13-14)24-17-7-5-4-6-15(17)20-19;/h4-7,12-13,20H,8-11H2,1-3H3;1H. The summed E-state index contributed by atoms with van der Waals surface area (Å²) in [5.74, 6) is 0. The zero-order chi connectivity index (χ0) is 16.7. The second kappa shape index (κ2) is 7.73. The zero-order valence-electron chi connectivity index (χ0n) is 15.0. The first-order valence-corrected chi connectivity index (χ1v) is 9.34. The Morgan fingerprint density at radius 1 is 1.00 bits per heavy atom. The smallest absolute Gasteiger partial charge is 0.172 e. The fourth-order valence-corrected chi connectivity index (χ4v) is 4.44. The van der Waals surface area contributed by atoms with Crippen LogP contribution in [0.1, 0.15) is 0 Å². The van der Waals surface area contributed by atoms with Crippen molar-refractivity contribution >= 4 is 34.5 Å². The highest BCUT2D eigenvalue weighted by Gasteiger charge is 2.28. The van der Waals surface area contributed by atoms with Crippen LogP contribution < -0.4 is 39.1 Å². The number of hydrogen-bond acceptors (Lipinski definition) is 4. The minimum atomic E-state index is 0. The van der Waals surface area contributed by atoms with Gasteiger partial charge >= 0.3 is 0 Å². The Labute approximate surface area is 171 Å². The van der Waals surface area contributed by atoms with Gasteiger partial charge in [-0.05, 0) is 25.2 Å². The quantitative estimate of drug-likeness (QED) is 0.406. The zero-order valence-corrected chi connectivity index (χ0v) is 18.0. The Kier molecular flexibility index (Phi) is 5.82. The molecule has 2 aliphatic heterocycles. The van der Waals surface area contributed by atoms with Crippen molar-refractivity contribution in [3.63, 3.8) is 0 Å². The molecule has 134 valence electrons. The third-order valence-corrected chi connectivity index (χ3v) is 6.05. The van der Waals surface area contributed by atoms with Crippen molar-refractivity contribution in [1.82, 2.24) is 4.90 Å². The van der Waals surface area contributed by atoms with E-state index in [1.54, 1.807) is 0 Å². The predicted molar refractivity (Wildman–Crippen MR) is 102 cm³/mol. The number of hydrogen-bond donors (Lipinski definition) is 1. The summed E-state index contributed by atoms with van der Waals surface area (Å²) in [6, 6.07) is 13.4. The van der Waals surface area contributed by atoms with Crippen molar-refractivity contribution in [2.75, 3.05) is 57.1 Å². The number of quaternary nitrogens is 1. The number of rotatable bonds is 2. The number of nitrogens with zero attached hydrogens (tertiary/aromatic N) is 3. The maximum atomic E-state index is 2.55. The summed E-state index contributed by atoms with van der Waals surface area (Å²) in [5, 5.41) is 2.37. The van der Waals surface area contributed by atoms with Crippen LogP contribution in [-0.4, -0.2) is 52.2 Å². The summed E-state index contributed by atoms with van der Waals surface area (Å²) in [7, 11) is 6.46. The summed E-state index contributed by atoms with van der Waals surface area (Å²) in [4.78, 5) is 9.89. The number of nitrogens with two attached hydrogens (primary N) is 1. The molecule has 2 aliphatic rings. The number of benzene rings is 2. The molecule has 2 aromatic carbocycles. The topological polar surface area (TPSA) is 26.3 Å². The number of fused-ring (bicyclic) bond motifs is 2. The van der Waals surface area contributed by atoms with Crippen molar-refractivity contribution < 1.29 is 29.3 Å². The van der Waals surface area contributed by atoms with Gasteiger partial charge in [0.2, 0.25) is 0 Å². The van der Waals surface area contributed by atoms with Gasteiger partial charge in [0.05, 0.1) is 9.79 Å². The molecule has 25 heavy (non-hydrogen) atoms. The molecule has 0 radical (unpaired) electrons. The van der Waals surface area contributed by atoms with Crippen LogP contribution >= 0.6 is 11.8 Å². The number of para-hydroxylation sites is 1. The van der Waals surface area contributed by atoms with Gasteiger partial charge in [-0.15, -0.1) is 0 Å². The monoisotopic (exact) mass is 468 g/mol. The fraction of sp³-hybridized carbons (Fsp3) is 0.368. The van der Waals surface area contributed by atoms with Crippen LogP contribution in [0.4, 0.5) is 22.7 Å². The third-order valence-electron chi connectivity index (χ3n) is 4.90. The van der Waals surface area contributed by atoms with E-state index in [1.807, 2.05) is 11.8 Å². The predicted octanol–water partition coefficient (Wildman–Crippen LogP) is -0.500. The molecule has 0 atom stereocenters. The van der Waals surface area contributed by atoms with Crippen LogP contribution in [0.3, 0.4) is 0 Å². The lowest BCUT2D eigenvalue weighted by molar-refractivity contribution is -0.484. The van der Waals surface area contributed by atoms with Gasteiger partial charge in [-0.25, -0.2) is 0 Å². The first-order valence-electron chi connectivity index (χ1n) is 8.52. The maximum Gasteiger partial charge on any atom is 0.172 e. The Morgan fingerprint density at radius 2 is 1.72 bits per heavy atom. The lowest BCUT2D eigenvalue weighted by atomic mass is 10.1. The highest BCUT2D eigenvalue weighted by Crippen LogP contribution is 2.44. The molecule has 0 aliphatic carbocycles. The van der Waals surface area contributed by atoms with E-state index in [4.69, 9.17) is 0 Å². The van der Waals surface area contributed by atoms with E-state index < -0.39 is 0 Å². The molecule has 0 spiro atoms. The van der Waals surface area contributed by atoms with Crippen LogP contribution in [0.5, 0.6) is 0 Å². The van der Waals surface area contributed by atoms with Crippen molar-refractivity contribution in [1.29, 1.82) is 0 Å². The van der Waals surface area contributed by atoms with Crippen LogP contribution in [0, 0.1) is 0 Å². The van der Waals surface area contributed by atoms with Crippen LogP contribution in [-0.2, 0) is 0 Å². The Hall–Kier alpha value is -0.960. The lowest BCUT2D eigenvalue weighted by Gasteiger charge is -2.35. The maximum absolute atomic E-state index is 2.55. The second-order valence-corrected chi connectivity index (χ2v) is 7.93. The SMILES string of the molecule is CN1CCN(c2cc(N(C)C)cc3c2[NH2+]c2ccccc2S3)CC1.[I-]. The lowest BCUT2D eigenvalue weighted by Crippen LogP contribution is -3.00. The Morgan fingerprint density at radius 3 is 2.44 bits per heavy atom. The van der Waals surface area contributed by atoms with E-state index in [0.717, 1.165) is 26.2 Å². The van der Waals surface area contributed by atoms with E-state index in [1.165, 1.54) is 32.5 Å². The van der Waals surface area contributed by atoms with E-state index >= 15 is 0 Å². The van der Waals surface area contributed by atoms with Gasteiger partial charge in [-0.1, -0.05) is 23.9 Å². The molecule has 4 rings (SSSR count). The highest BCUT2D eigenvalue weighted by atomic mass is 127. The molecule has 0 unspecified atom stereocenters. The van der Waals surface area contributed by atoms with E-state index in [0.29, 0.717) is 0 Å². The number of halogens is 1. The van der Waals surface area contributed by atoms with Crippen LogP contribution in [0.15, 0.2) is 46.2 Å². The van der Waals surface area contributed by atoms with Crippen molar-refractivity contribution in [3.8, 4) is 0 Å². The number of anilines is 2. The average Bonchev–Trinajstić information content (AvgIpc) is 2.59. The summed E-state index contributed by atoms with van der Waals surface area (Å²) < 4.78 is 0. The molecule has 0 amide bonds. The van der Waals surface area contributed by atoms with Crippen LogP contribution in [0.2, 0.25) is 0 Å². The van der Waals surface area contributed by atoms with Gasteiger partial charge in [0.25, 0.3) is 0 Å². The molecule has 1 fully saturated rings. The average molecular weight is 468 g/mol. The molecule has 6 heteroatoms. The highest BCUT2D eigenvalue weighted by molar-refractivity contribution is 7.99. The molecule has 0 aromatic heterocycles. The molecular formula is C19H25IN4S. The summed E-state index contributed by atoms with van der Waals surface area (Å²) >= 11 is 1.90. The first kappa shape index (κ1) is 18.8. The molecule has 2 aromatic rings. The van der Waals surface area contributed by atoms with E-state index in [9.17, 15) is 0 Å². The van der Waals surface area contributed by atoms with Gasteiger partial charge in [0.1, 0.15) is 11.4 Å². The van der Waals surface area contributed by atoms with Gasteiger partial charge in [0, 0.05) is 52.0 Å². The van der Waals surface area contributed by atoms with Crippen molar-refractivity contribution in [3.05, 3.63) is 36.4 Å². The fourth-order valence-electron chi connectivity index (χ4n) is 3.36. The molecule has 2 N–H and O–H groups in total. The largest absolute Gasteiger partial charge is 1.00 e. The second-order valence-electron chi connectivity index (χ2n) is 6.85.